The number of carbonyl (C=O) groups is 2. The van der Waals surface area contributed by atoms with E-state index < -0.39 is 25.7 Å². The summed E-state index contributed by atoms with van der Waals surface area (Å²) in [5, 5.41) is 11.1. The Kier molecular flexibility index (Phi) is 7.48. The van der Waals surface area contributed by atoms with E-state index in [4.69, 9.17) is 5.11 Å². The summed E-state index contributed by atoms with van der Waals surface area (Å²) in [6.45, 7) is -0.118. The standard InChI is InChI=1S/C19H23N2O6P/c1-21(28(25,26)27)17(19(24)20-12-11-18(22)23)13-14-7-9-16(10-8-14)15-5-3-2-4-6-15/h2-10,17H,11-13H2,1H3,(H,20,24)(H,22,23)(H2,25,26,27). The van der Waals surface area contributed by atoms with Crippen LogP contribution in [0.1, 0.15) is 12.0 Å². The van der Waals surface area contributed by atoms with Crippen LogP contribution in [0, 0.1) is 0 Å². The second-order valence-corrected chi connectivity index (χ2v) is 7.96. The Bertz CT molecular complexity index is 850. The van der Waals surface area contributed by atoms with Gasteiger partial charge in [-0.3, -0.25) is 9.59 Å². The molecule has 1 atom stereocenters. The minimum atomic E-state index is -4.66. The lowest BCUT2D eigenvalue weighted by Gasteiger charge is -2.27. The van der Waals surface area contributed by atoms with Crippen molar-refractivity contribution in [3.63, 3.8) is 0 Å². The molecule has 0 radical (unpaired) electrons. The number of rotatable bonds is 9. The van der Waals surface area contributed by atoms with Crippen LogP contribution in [0.3, 0.4) is 0 Å². The molecule has 0 aliphatic heterocycles. The third-order valence-electron chi connectivity index (χ3n) is 4.29. The SMILES string of the molecule is CN(C(Cc1ccc(-c2ccccc2)cc1)C(=O)NCCC(=O)O)P(=O)(O)O. The van der Waals surface area contributed by atoms with Crippen LogP contribution >= 0.6 is 7.75 Å². The minimum absolute atomic E-state index is 0.0651. The lowest BCUT2D eigenvalue weighted by molar-refractivity contribution is -0.137. The van der Waals surface area contributed by atoms with E-state index >= 15 is 0 Å². The molecule has 0 fully saturated rings. The third kappa shape index (κ3) is 6.28. The van der Waals surface area contributed by atoms with Crippen LogP contribution in [0.4, 0.5) is 0 Å². The molecule has 8 nitrogen and oxygen atoms in total. The molecule has 0 saturated carbocycles. The van der Waals surface area contributed by atoms with Crippen LogP contribution in [-0.2, 0) is 20.6 Å². The van der Waals surface area contributed by atoms with E-state index in [1.807, 2.05) is 42.5 Å². The van der Waals surface area contributed by atoms with Gasteiger partial charge in [0.05, 0.1) is 6.42 Å². The summed E-state index contributed by atoms with van der Waals surface area (Å²) in [5.41, 5.74) is 2.73. The Balaban J connectivity index is 2.16. The van der Waals surface area contributed by atoms with Crippen molar-refractivity contribution in [2.24, 2.45) is 0 Å². The molecule has 2 aromatic carbocycles. The summed E-state index contributed by atoms with van der Waals surface area (Å²) in [4.78, 5) is 41.9. The van der Waals surface area contributed by atoms with Gasteiger partial charge < -0.3 is 20.2 Å². The zero-order chi connectivity index (χ0) is 20.7. The molecule has 0 spiro atoms. The molecule has 0 bridgehead atoms. The van der Waals surface area contributed by atoms with Gasteiger partial charge in [-0.15, -0.1) is 0 Å². The summed E-state index contributed by atoms with van der Waals surface area (Å²) >= 11 is 0. The summed E-state index contributed by atoms with van der Waals surface area (Å²) in [6.07, 6.45) is -0.209. The largest absolute Gasteiger partial charge is 0.481 e. The van der Waals surface area contributed by atoms with Gasteiger partial charge in [0.1, 0.15) is 6.04 Å². The smallest absolute Gasteiger partial charge is 0.403 e. The second-order valence-electron chi connectivity index (χ2n) is 6.30. The highest BCUT2D eigenvalue weighted by atomic mass is 31.2. The Labute approximate surface area is 163 Å². The number of amides is 1. The zero-order valence-corrected chi connectivity index (χ0v) is 16.3. The van der Waals surface area contributed by atoms with E-state index in [1.165, 1.54) is 7.05 Å². The lowest BCUT2D eigenvalue weighted by Crippen LogP contribution is -2.45. The number of carboxylic acids is 1. The van der Waals surface area contributed by atoms with Gasteiger partial charge in [0.15, 0.2) is 0 Å². The molecule has 28 heavy (non-hydrogen) atoms. The number of aliphatic carboxylic acids is 1. The second kappa shape index (κ2) is 9.61. The number of benzene rings is 2. The first-order valence-corrected chi connectivity index (χ1v) is 10.2. The number of likely N-dealkylation sites (N-methyl/N-ethyl adjacent to an activating group) is 1. The van der Waals surface area contributed by atoms with Crippen molar-refractivity contribution in [1.82, 2.24) is 9.99 Å². The maximum absolute atomic E-state index is 12.4. The Morgan fingerprint density at radius 1 is 1.04 bits per heavy atom. The monoisotopic (exact) mass is 406 g/mol. The molecular weight excluding hydrogens is 383 g/mol. The molecule has 2 aromatic rings. The fourth-order valence-corrected chi connectivity index (χ4v) is 3.22. The van der Waals surface area contributed by atoms with Crippen molar-refractivity contribution >= 4 is 19.6 Å². The number of carbonyl (C=O) groups excluding carboxylic acids is 1. The molecule has 4 N–H and O–H groups in total. The first-order valence-electron chi connectivity index (χ1n) is 8.61. The predicted octanol–water partition coefficient (Wildman–Crippen LogP) is 1.88. The van der Waals surface area contributed by atoms with E-state index in [9.17, 15) is 23.9 Å². The number of hydrogen-bond acceptors (Lipinski definition) is 3. The van der Waals surface area contributed by atoms with Gasteiger partial charge in [-0.05, 0) is 30.2 Å². The highest BCUT2D eigenvalue weighted by Crippen LogP contribution is 2.40. The lowest BCUT2D eigenvalue weighted by atomic mass is 10.0. The normalized spacial score (nSPS) is 12.6. The van der Waals surface area contributed by atoms with Gasteiger partial charge in [-0.1, -0.05) is 54.6 Å². The quantitative estimate of drug-likeness (QED) is 0.468. The fraction of sp³-hybridized carbons (Fsp3) is 0.263. The van der Waals surface area contributed by atoms with Crippen LogP contribution in [0.25, 0.3) is 11.1 Å². The number of hydrogen-bond donors (Lipinski definition) is 4. The number of nitrogens with zero attached hydrogens (tertiary/aromatic N) is 1. The van der Waals surface area contributed by atoms with Crippen LogP contribution in [-0.4, -0.2) is 51.1 Å². The van der Waals surface area contributed by atoms with Crippen molar-refractivity contribution in [1.29, 1.82) is 0 Å². The predicted molar refractivity (Wildman–Crippen MR) is 104 cm³/mol. The van der Waals surface area contributed by atoms with Crippen molar-refractivity contribution in [3.8, 4) is 11.1 Å². The Morgan fingerprint density at radius 2 is 1.61 bits per heavy atom. The van der Waals surface area contributed by atoms with Gasteiger partial charge in [0.2, 0.25) is 5.91 Å². The van der Waals surface area contributed by atoms with Crippen LogP contribution in [0.15, 0.2) is 54.6 Å². The molecule has 0 aromatic heterocycles. The molecule has 9 heteroatoms. The molecule has 1 amide bonds. The molecule has 0 aliphatic carbocycles. The molecule has 1 unspecified atom stereocenters. The maximum atomic E-state index is 12.4. The van der Waals surface area contributed by atoms with Crippen molar-refractivity contribution in [2.75, 3.05) is 13.6 Å². The number of carboxylic acid groups (broad SMARTS) is 1. The first kappa shape index (κ1) is 21.8. The maximum Gasteiger partial charge on any atom is 0.403 e. The highest BCUT2D eigenvalue weighted by molar-refractivity contribution is 7.49. The molecule has 2 rings (SSSR count). The third-order valence-corrected chi connectivity index (χ3v) is 5.39. The van der Waals surface area contributed by atoms with Gasteiger partial charge in [-0.25, -0.2) is 4.57 Å². The topological polar surface area (TPSA) is 127 Å². The van der Waals surface area contributed by atoms with Gasteiger partial charge >= 0.3 is 13.7 Å². The van der Waals surface area contributed by atoms with E-state index in [2.05, 4.69) is 5.32 Å². The van der Waals surface area contributed by atoms with E-state index in [0.29, 0.717) is 4.67 Å². The summed E-state index contributed by atoms with van der Waals surface area (Å²) in [6, 6.07) is 15.9. The van der Waals surface area contributed by atoms with Crippen LogP contribution < -0.4 is 5.32 Å². The van der Waals surface area contributed by atoms with Gasteiger partial charge in [0, 0.05) is 6.54 Å². The highest BCUT2D eigenvalue weighted by Gasteiger charge is 2.33. The van der Waals surface area contributed by atoms with E-state index in [-0.39, 0.29) is 19.4 Å². The summed E-state index contributed by atoms with van der Waals surface area (Å²) in [7, 11) is -3.49. The van der Waals surface area contributed by atoms with Gasteiger partial charge in [-0.2, -0.15) is 4.67 Å². The van der Waals surface area contributed by atoms with Crippen molar-refractivity contribution < 1.29 is 29.0 Å². The molecule has 0 aliphatic rings. The first-order chi connectivity index (χ1) is 13.2. The zero-order valence-electron chi connectivity index (χ0n) is 15.4. The fourth-order valence-electron chi connectivity index (χ4n) is 2.67. The molecule has 0 saturated heterocycles. The summed E-state index contributed by atoms with van der Waals surface area (Å²) in [5.74, 6) is -1.71. The van der Waals surface area contributed by atoms with E-state index in [1.54, 1.807) is 12.1 Å². The van der Waals surface area contributed by atoms with Crippen molar-refractivity contribution in [3.05, 3.63) is 60.2 Å². The Morgan fingerprint density at radius 3 is 2.14 bits per heavy atom. The van der Waals surface area contributed by atoms with Crippen LogP contribution in [0.5, 0.6) is 0 Å². The molecule has 150 valence electrons. The Hall–Kier alpha value is -2.51. The molecular formula is C19H23N2O6P. The summed E-state index contributed by atoms with van der Waals surface area (Å²) < 4.78 is 12.3. The van der Waals surface area contributed by atoms with Crippen LogP contribution in [0.2, 0.25) is 0 Å². The van der Waals surface area contributed by atoms with Crippen molar-refractivity contribution in [2.45, 2.75) is 18.9 Å². The minimum Gasteiger partial charge on any atom is -0.481 e. The number of nitrogens with one attached hydrogen (secondary N) is 1. The average Bonchev–Trinajstić information content (AvgIpc) is 2.65. The molecule has 0 heterocycles. The van der Waals surface area contributed by atoms with E-state index in [0.717, 1.165) is 16.7 Å². The van der Waals surface area contributed by atoms with Gasteiger partial charge in [0.25, 0.3) is 0 Å². The average molecular weight is 406 g/mol.